The highest BCUT2D eigenvalue weighted by Crippen LogP contribution is 2.12. The third kappa shape index (κ3) is 4.08. The van der Waals surface area contributed by atoms with E-state index in [1.54, 1.807) is 18.2 Å². The Morgan fingerprint density at radius 1 is 1.35 bits per heavy atom. The summed E-state index contributed by atoms with van der Waals surface area (Å²) < 4.78 is 25.4. The Kier molecular flexibility index (Phi) is 4.53. The number of carbonyl (C=O) groups is 1. The molecular formula is C11H13F2NO3. The lowest BCUT2D eigenvalue weighted by molar-refractivity contribution is -0.0477. The fourth-order valence-corrected chi connectivity index (χ4v) is 1.32. The fourth-order valence-electron chi connectivity index (χ4n) is 1.32. The molecule has 0 aromatic heterocycles. The minimum absolute atomic E-state index is 0.0120. The van der Waals surface area contributed by atoms with Crippen molar-refractivity contribution in [1.29, 1.82) is 0 Å². The number of carboxylic acid groups (broad SMARTS) is 1. The second-order valence-corrected chi connectivity index (χ2v) is 3.58. The molecule has 0 aliphatic heterocycles. The highest BCUT2D eigenvalue weighted by Gasteiger charge is 2.26. The van der Waals surface area contributed by atoms with Crippen LogP contribution >= 0.6 is 0 Å². The van der Waals surface area contributed by atoms with Crippen LogP contribution in [0.1, 0.15) is 15.9 Å². The number of nitrogens with one attached hydrogen (secondary N) is 1. The predicted octanol–water partition coefficient (Wildman–Crippen LogP) is 1.10. The van der Waals surface area contributed by atoms with E-state index in [1.807, 2.05) is 0 Å². The van der Waals surface area contributed by atoms with E-state index in [0.29, 0.717) is 5.56 Å². The van der Waals surface area contributed by atoms with Crippen molar-refractivity contribution in [2.75, 3.05) is 13.2 Å². The first-order chi connectivity index (χ1) is 7.96. The van der Waals surface area contributed by atoms with Crippen LogP contribution in [0.4, 0.5) is 8.78 Å². The van der Waals surface area contributed by atoms with E-state index < -0.39 is 25.0 Å². The lowest BCUT2D eigenvalue weighted by Crippen LogP contribution is -2.35. The molecule has 1 aromatic rings. The molecule has 0 amide bonds. The van der Waals surface area contributed by atoms with Crippen molar-refractivity contribution in [2.24, 2.45) is 0 Å². The van der Waals surface area contributed by atoms with Crippen molar-refractivity contribution in [3.8, 4) is 0 Å². The summed E-state index contributed by atoms with van der Waals surface area (Å²) in [6, 6.07) is 6.15. The summed E-state index contributed by atoms with van der Waals surface area (Å²) in [4.78, 5) is 10.8. The molecule has 4 nitrogen and oxygen atoms in total. The first-order valence-electron chi connectivity index (χ1n) is 4.97. The molecule has 0 heterocycles. The van der Waals surface area contributed by atoms with Gasteiger partial charge < -0.3 is 15.5 Å². The summed E-state index contributed by atoms with van der Waals surface area (Å²) >= 11 is 0. The number of aliphatic hydroxyl groups is 1. The second-order valence-electron chi connectivity index (χ2n) is 3.58. The molecule has 94 valence electrons. The zero-order valence-corrected chi connectivity index (χ0v) is 8.99. The van der Waals surface area contributed by atoms with E-state index in [2.05, 4.69) is 5.32 Å². The SMILES string of the molecule is O=C(O)c1ccccc1CNCC(F)(F)CO. The van der Waals surface area contributed by atoms with E-state index >= 15 is 0 Å². The molecule has 0 spiro atoms. The molecule has 17 heavy (non-hydrogen) atoms. The molecule has 0 aliphatic carbocycles. The van der Waals surface area contributed by atoms with Gasteiger partial charge in [0.05, 0.1) is 12.1 Å². The largest absolute Gasteiger partial charge is 0.478 e. The summed E-state index contributed by atoms with van der Waals surface area (Å²) in [5, 5.41) is 19.6. The number of benzene rings is 1. The van der Waals surface area contributed by atoms with E-state index in [0.717, 1.165) is 0 Å². The first kappa shape index (κ1) is 13.5. The number of carboxylic acids is 1. The first-order valence-corrected chi connectivity index (χ1v) is 4.97. The molecule has 0 radical (unpaired) electrons. The van der Waals surface area contributed by atoms with E-state index in [9.17, 15) is 13.6 Å². The Labute approximate surface area is 96.9 Å². The van der Waals surface area contributed by atoms with Gasteiger partial charge in [0.15, 0.2) is 0 Å². The Morgan fingerprint density at radius 2 is 2.00 bits per heavy atom. The molecule has 0 atom stereocenters. The van der Waals surface area contributed by atoms with Crippen molar-refractivity contribution >= 4 is 5.97 Å². The van der Waals surface area contributed by atoms with Crippen molar-refractivity contribution in [3.63, 3.8) is 0 Å². The van der Waals surface area contributed by atoms with Crippen molar-refractivity contribution in [3.05, 3.63) is 35.4 Å². The number of rotatable bonds is 6. The highest BCUT2D eigenvalue weighted by molar-refractivity contribution is 5.89. The van der Waals surface area contributed by atoms with E-state index in [1.165, 1.54) is 6.07 Å². The van der Waals surface area contributed by atoms with Gasteiger partial charge >= 0.3 is 5.97 Å². The van der Waals surface area contributed by atoms with Gasteiger partial charge in [-0.2, -0.15) is 0 Å². The molecule has 3 N–H and O–H groups in total. The van der Waals surface area contributed by atoms with Crippen LogP contribution in [-0.2, 0) is 6.54 Å². The highest BCUT2D eigenvalue weighted by atomic mass is 19.3. The van der Waals surface area contributed by atoms with Crippen LogP contribution in [0.2, 0.25) is 0 Å². The molecular weight excluding hydrogens is 232 g/mol. The van der Waals surface area contributed by atoms with Crippen molar-refractivity contribution in [1.82, 2.24) is 5.32 Å². The summed E-state index contributed by atoms with van der Waals surface area (Å²) in [6.07, 6.45) is 0. The molecule has 0 unspecified atom stereocenters. The molecule has 1 aromatic carbocycles. The maximum atomic E-state index is 12.7. The predicted molar refractivity (Wildman–Crippen MR) is 57.1 cm³/mol. The lowest BCUT2D eigenvalue weighted by atomic mass is 10.1. The second kappa shape index (κ2) is 5.70. The average Bonchev–Trinajstić information content (AvgIpc) is 2.29. The summed E-state index contributed by atoms with van der Waals surface area (Å²) in [5.74, 6) is -4.30. The molecule has 0 aliphatic rings. The van der Waals surface area contributed by atoms with Crippen molar-refractivity contribution < 1.29 is 23.8 Å². The normalized spacial score (nSPS) is 11.5. The van der Waals surface area contributed by atoms with Crippen LogP contribution in [-0.4, -0.2) is 35.3 Å². The maximum absolute atomic E-state index is 12.7. The van der Waals surface area contributed by atoms with Crippen LogP contribution in [0.3, 0.4) is 0 Å². The smallest absolute Gasteiger partial charge is 0.336 e. The molecule has 1 rings (SSSR count). The third-order valence-electron chi connectivity index (χ3n) is 2.18. The molecule has 0 fully saturated rings. The van der Waals surface area contributed by atoms with Gasteiger partial charge in [0.25, 0.3) is 5.92 Å². The summed E-state index contributed by atoms with van der Waals surface area (Å²) in [7, 11) is 0. The fraction of sp³-hybridized carbons (Fsp3) is 0.364. The van der Waals surface area contributed by atoms with Crippen LogP contribution in [0.25, 0.3) is 0 Å². The van der Waals surface area contributed by atoms with Crippen LogP contribution < -0.4 is 5.32 Å². The van der Waals surface area contributed by atoms with Crippen molar-refractivity contribution in [2.45, 2.75) is 12.5 Å². The van der Waals surface area contributed by atoms with Gasteiger partial charge in [-0.15, -0.1) is 0 Å². The number of hydrogen-bond acceptors (Lipinski definition) is 3. The molecule has 0 saturated heterocycles. The molecule has 0 bridgehead atoms. The maximum Gasteiger partial charge on any atom is 0.336 e. The number of aromatic carboxylic acids is 1. The number of halogens is 2. The Bertz CT molecular complexity index is 396. The van der Waals surface area contributed by atoms with Gasteiger partial charge in [-0.3, -0.25) is 0 Å². The van der Waals surface area contributed by atoms with Gasteiger partial charge in [0.2, 0.25) is 0 Å². The van der Waals surface area contributed by atoms with Gasteiger partial charge in [-0.25, -0.2) is 13.6 Å². The minimum Gasteiger partial charge on any atom is -0.478 e. The standard InChI is InChI=1S/C11H13F2NO3/c12-11(13,7-15)6-14-5-8-3-1-2-4-9(8)10(16)17/h1-4,14-15H,5-7H2,(H,16,17). The minimum atomic E-state index is -3.20. The topological polar surface area (TPSA) is 69.6 Å². The van der Waals surface area contributed by atoms with E-state index in [4.69, 9.17) is 10.2 Å². The van der Waals surface area contributed by atoms with E-state index in [-0.39, 0.29) is 12.1 Å². The quantitative estimate of drug-likeness (QED) is 0.702. The molecule has 0 saturated carbocycles. The Morgan fingerprint density at radius 3 is 2.59 bits per heavy atom. The van der Waals surface area contributed by atoms with Crippen LogP contribution in [0.5, 0.6) is 0 Å². The average molecular weight is 245 g/mol. The molecule has 6 heteroatoms. The zero-order chi connectivity index (χ0) is 12.9. The van der Waals surface area contributed by atoms with Gasteiger partial charge in [0, 0.05) is 6.54 Å². The summed E-state index contributed by atoms with van der Waals surface area (Å²) in [5.41, 5.74) is 0.501. The number of alkyl halides is 2. The summed E-state index contributed by atoms with van der Waals surface area (Å²) in [6.45, 7) is -1.92. The number of hydrogen-bond donors (Lipinski definition) is 3. The van der Waals surface area contributed by atoms with Gasteiger partial charge in [-0.1, -0.05) is 18.2 Å². The zero-order valence-electron chi connectivity index (χ0n) is 8.99. The van der Waals surface area contributed by atoms with Crippen LogP contribution in [0.15, 0.2) is 24.3 Å². The Hall–Kier alpha value is -1.53. The Balaban J connectivity index is 2.61. The monoisotopic (exact) mass is 245 g/mol. The van der Waals surface area contributed by atoms with Gasteiger partial charge in [-0.05, 0) is 11.6 Å². The lowest BCUT2D eigenvalue weighted by Gasteiger charge is -2.14. The van der Waals surface area contributed by atoms with Gasteiger partial charge in [0.1, 0.15) is 6.61 Å². The van der Waals surface area contributed by atoms with Crippen LogP contribution in [0, 0.1) is 0 Å². The number of aliphatic hydroxyl groups excluding tert-OH is 1. The third-order valence-corrected chi connectivity index (χ3v) is 2.18.